The van der Waals surface area contributed by atoms with Gasteiger partial charge in [0.2, 0.25) is 0 Å². The highest BCUT2D eigenvalue weighted by atomic mass is 14.2. The summed E-state index contributed by atoms with van der Waals surface area (Å²) in [5, 5.41) is 0. The van der Waals surface area contributed by atoms with E-state index in [1.165, 1.54) is 51.4 Å². The Bertz CT molecular complexity index is 558. The highest BCUT2D eigenvalue weighted by Crippen LogP contribution is 2.39. The minimum atomic E-state index is 1.22. The Labute approximate surface area is 122 Å². The minimum Gasteiger partial charge on any atom is -0.0839 e. The zero-order valence-corrected chi connectivity index (χ0v) is 12.1. The molecule has 0 nitrogen and oxygen atoms in total. The summed E-state index contributed by atoms with van der Waals surface area (Å²) in [6, 6.07) is 0. The van der Waals surface area contributed by atoms with Crippen LogP contribution in [0.2, 0.25) is 0 Å². The molecule has 0 saturated heterocycles. The lowest BCUT2D eigenvalue weighted by atomic mass is 9.79. The van der Waals surface area contributed by atoms with Crippen molar-refractivity contribution < 1.29 is 0 Å². The van der Waals surface area contributed by atoms with Gasteiger partial charge in [-0.3, -0.25) is 0 Å². The lowest BCUT2D eigenvalue weighted by Gasteiger charge is -2.26. The topological polar surface area (TPSA) is 0 Å². The molecule has 0 heteroatoms. The van der Waals surface area contributed by atoms with E-state index in [9.17, 15) is 0 Å². The van der Waals surface area contributed by atoms with Crippen LogP contribution in [0.25, 0.3) is 0 Å². The first-order valence-corrected chi connectivity index (χ1v) is 8.09. The molecule has 0 amide bonds. The van der Waals surface area contributed by atoms with Crippen molar-refractivity contribution in [2.75, 3.05) is 0 Å². The van der Waals surface area contributed by atoms with E-state index in [-0.39, 0.29) is 0 Å². The summed E-state index contributed by atoms with van der Waals surface area (Å²) in [7, 11) is 0. The Hall–Kier alpha value is -1.56. The predicted molar refractivity (Wildman–Crippen MR) is 85.4 cm³/mol. The summed E-state index contributed by atoms with van der Waals surface area (Å²) < 4.78 is 0. The molecule has 20 heavy (non-hydrogen) atoms. The molecule has 4 aliphatic carbocycles. The third-order valence-corrected chi connectivity index (χ3v) is 5.06. The van der Waals surface area contributed by atoms with Gasteiger partial charge in [-0.05, 0) is 84.8 Å². The van der Waals surface area contributed by atoms with Crippen molar-refractivity contribution in [3.05, 3.63) is 69.9 Å². The molecule has 0 aromatic carbocycles. The van der Waals surface area contributed by atoms with Gasteiger partial charge in [0.15, 0.2) is 0 Å². The van der Waals surface area contributed by atoms with Crippen LogP contribution in [0.3, 0.4) is 0 Å². The molecule has 0 N–H and O–H groups in total. The lowest BCUT2D eigenvalue weighted by Crippen LogP contribution is -2.07. The molecule has 4 aliphatic rings. The minimum absolute atomic E-state index is 1.22. The number of rotatable bonds is 1. The fraction of sp³-hybridized carbons (Fsp3) is 0.400. The van der Waals surface area contributed by atoms with Crippen LogP contribution in [-0.4, -0.2) is 0 Å². The molecule has 0 aromatic rings. The fourth-order valence-electron chi connectivity index (χ4n) is 3.89. The van der Waals surface area contributed by atoms with Crippen molar-refractivity contribution in [3.8, 4) is 0 Å². The molecule has 0 saturated carbocycles. The second kappa shape index (κ2) is 5.09. The van der Waals surface area contributed by atoms with Crippen molar-refractivity contribution >= 4 is 0 Å². The first-order valence-electron chi connectivity index (χ1n) is 8.09. The normalized spacial score (nSPS) is 25.2. The van der Waals surface area contributed by atoms with E-state index in [0.717, 1.165) is 0 Å². The lowest BCUT2D eigenvalue weighted by molar-refractivity contribution is 0.810. The molecule has 0 aliphatic heterocycles. The van der Waals surface area contributed by atoms with Crippen molar-refractivity contribution in [2.24, 2.45) is 0 Å². The van der Waals surface area contributed by atoms with Gasteiger partial charge in [0.1, 0.15) is 0 Å². The predicted octanol–water partition coefficient (Wildman–Crippen LogP) is 5.72. The van der Waals surface area contributed by atoms with Gasteiger partial charge in [-0.2, -0.15) is 0 Å². The zero-order chi connectivity index (χ0) is 13.4. The monoisotopic (exact) mass is 262 g/mol. The number of hydrogen-bond donors (Lipinski definition) is 0. The first-order chi connectivity index (χ1) is 9.90. The van der Waals surface area contributed by atoms with Gasteiger partial charge in [-0.25, -0.2) is 0 Å². The zero-order valence-electron chi connectivity index (χ0n) is 12.1. The maximum atomic E-state index is 2.51. The molecular weight excluding hydrogens is 240 g/mol. The van der Waals surface area contributed by atoms with Gasteiger partial charge < -0.3 is 0 Å². The third-order valence-electron chi connectivity index (χ3n) is 5.06. The van der Waals surface area contributed by atoms with Gasteiger partial charge >= 0.3 is 0 Å². The van der Waals surface area contributed by atoms with E-state index in [4.69, 9.17) is 0 Å². The van der Waals surface area contributed by atoms with E-state index in [2.05, 4.69) is 36.5 Å². The summed E-state index contributed by atoms with van der Waals surface area (Å²) >= 11 is 0. The maximum Gasteiger partial charge on any atom is -0.0235 e. The van der Waals surface area contributed by atoms with E-state index in [1.54, 1.807) is 33.4 Å². The molecule has 0 aromatic heterocycles. The summed E-state index contributed by atoms with van der Waals surface area (Å²) in [6.45, 7) is 0. The largest absolute Gasteiger partial charge is 0.0839 e. The Morgan fingerprint density at radius 1 is 0.500 bits per heavy atom. The van der Waals surface area contributed by atoms with Crippen LogP contribution in [0.15, 0.2) is 69.9 Å². The quantitative estimate of drug-likeness (QED) is 0.567. The summed E-state index contributed by atoms with van der Waals surface area (Å²) in [5.74, 6) is 0. The van der Waals surface area contributed by atoms with E-state index in [0.29, 0.717) is 0 Å². The van der Waals surface area contributed by atoms with Gasteiger partial charge in [0.05, 0.1) is 0 Å². The molecule has 102 valence electrons. The average Bonchev–Trinajstić information content (AvgIpc) is 2.54. The van der Waals surface area contributed by atoms with Crippen LogP contribution >= 0.6 is 0 Å². The number of allylic oxidation sites excluding steroid dienone is 12. The van der Waals surface area contributed by atoms with Crippen LogP contribution in [0.4, 0.5) is 0 Å². The molecule has 0 heterocycles. The van der Waals surface area contributed by atoms with E-state index in [1.807, 2.05) is 0 Å². The highest BCUT2D eigenvalue weighted by molar-refractivity contribution is 5.52. The standard InChI is InChI=1S/C20H22/c1-3-7-17-13-19(11-9-15(17)5-1)20-12-10-16-6-2-4-8-18(16)14-20/h1-2,5-6,13-14H,3-4,7-12H2. The van der Waals surface area contributed by atoms with Crippen LogP contribution in [0.1, 0.15) is 51.4 Å². The van der Waals surface area contributed by atoms with Gasteiger partial charge in [0.25, 0.3) is 0 Å². The third kappa shape index (κ3) is 2.18. The maximum absolute atomic E-state index is 2.51. The Kier molecular flexibility index (Phi) is 3.10. The van der Waals surface area contributed by atoms with Crippen LogP contribution < -0.4 is 0 Å². The highest BCUT2D eigenvalue weighted by Gasteiger charge is 2.19. The Morgan fingerprint density at radius 3 is 1.50 bits per heavy atom. The van der Waals surface area contributed by atoms with Crippen LogP contribution in [0, 0.1) is 0 Å². The molecule has 0 bridgehead atoms. The fourth-order valence-corrected chi connectivity index (χ4v) is 3.89. The van der Waals surface area contributed by atoms with Crippen LogP contribution in [0.5, 0.6) is 0 Å². The van der Waals surface area contributed by atoms with Gasteiger partial charge in [0, 0.05) is 0 Å². The SMILES string of the molecule is C1=CC2=C(C=C(C3=CC4=C(C=CCC4)CC3)CC2)CC1. The molecule has 0 unspecified atom stereocenters. The molecule has 0 fully saturated rings. The molecule has 0 spiro atoms. The summed E-state index contributed by atoms with van der Waals surface area (Å²) in [4.78, 5) is 0. The molecule has 0 atom stereocenters. The second-order valence-corrected chi connectivity index (χ2v) is 6.32. The smallest absolute Gasteiger partial charge is 0.0235 e. The number of hydrogen-bond acceptors (Lipinski definition) is 0. The Balaban J connectivity index is 1.66. The van der Waals surface area contributed by atoms with Crippen molar-refractivity contribution in [1.29, 1.82) is 0 Å². The second-order valence-electron chi connectivity index (χ2n) is 6.32. The summed E-state index contributed by atoms with van der Waals surface area (Å²) in [6.07, 6.45) is 24.3. The van der Waals surface area contributed by atoms with E-state index >= 15 is 0 Å². The van der Waals surface area contributed by atoms with Gasteiger partial charge in [-0.1, -0.05) is 36.5 Å². The van der Waals surface area contributed by atoms with Crippen molar-refractivity contribution in [1.82, 2.24) is 0 Å². The van der Waals surface area contributed by atoms with Crippen molar-refractivity contribution in [2.45, 2.75) is 51.4 Å². The Morgan fingerprint density at radius 2 is 1.00 bits per heavy atom. The first kappa shape index (κ1) is 12.2. The van der Waals surface area contributed by atoms with Crippen molar-refractivity contribution in [3.63, 3.8) is 0 Å². The van der Waals surface area contributed by atoms with E-state index < -0.39 is 0 Å². The van der Waals surface area contributed by atoms with Crippen LogP contribution in [-0.2, 0) is 0 Å². The molecule has 4 rings (SSSR count). The molecular formula is C20H22. The molecule has 0 radical (unpaired) electrons. The summed E-state index contributed by atoms with van der Waals surface area (Å²) in [5.41, 5.74) is 9.66. The van der Waals surface area contributed by atoms with Gasteiger partial charge in [-0.15, -0.1) is 0 Å². The average molecular weight is 262 g/mol.